The minimum atomic E-state index is -1.37. The molecule has 0 aromatic rings. The van der Waals surface area contributed by atoms with Crippen LogP contribution in [0.2, 0.25) is 12.1 Å². The van der Waals surface area contributed by atoms with Gasteiger partial charge in [0.15, 0.2) is 7.38 Å². The van der Waals surface area contributed by atoms with E-state index in [0.29, 0.717) is 0 Å². The summed E-state index contributed by atoms with van der Waals surface area (Å²) in [4.78, 5) is 0. The Morgan fingerprint density at radius 2 is 1.67 bits per heavy atom. The van der Waals surface area contributed by atoms with Gasteiger partial charge in [0, 0.05) is 5.50 Å². The molecule has 1 fully saturated rings. The van der Waals surface area contributed by atoms with Crippen molar-refractivity contribution < 1.29 is 0 Å². The molecule has 0 unspecified atom stereocenters. The van der Waals surface area contributed by atoms with Gasteiger partial charge in [-0.1, -0.05) is 19.3 Å². The molecular formula is C6H12Cl2Si. The normalized spacial score (nSPS) is 26.0. The minimum absolute atomic E-state index is 0.758. The molecule has 0 spiro atoms. The summed E-state index contributed by atoms with van der Waals surface area (Å²) < 4.78 is 0. The first-order valence-corrected chi connectivity index (χ1v) is 7.68. The van der Waals surface area contributed by atoms with Crippen molar-refractivity contribution in [3.63, 3.8) is 0 Å². The van der Waals surface area contributed by atoms with Gasteiger partial charge in [0.05, 0.1) is 0 Å². The fraction of sp³-hybridized carbons (Fsp3) is 1.00. The summed E-state index contributed by atoms with van der Waals surface area (Å²) in [5.41, 5.74) is 0.758. The van der Waals surface area contributed by atoms with Gasteiger partial charge in [-0.3, -0.25) is 0 Å². The number of halogens is 2. The summed E-state index contributed by atoms with van der Waals surface area (Å²) in [5, 5.41) is 0. The smallest absolute Gasteiger partial charge is 0.166 e. The molecule has 1 aliphatic heterocycles. The third-order valence-electron chi connectivity index (χ3n) is 1.99. The van der Waals surface area contributed by atoms with E-state index >= 15 is 0 Å². The van der Waals surface area contributed by atoms with Crippen LogP contribution in [-0.4, -0.2) is 12.9 Å². The summed E-state index contributed by atoms with van der Waals surface area (Å²) in [6.07, 6.45) is 4.02. The fourth-order valence-electron chi connectivity index (χ4n) is 1.32. The molecule has 1 aliphatic rings. The Hall–Kier alpha value is 0.797. The topological polar surface area (TPSA) is 0 Å². The highest BCUT2D eigenvalue weighted by Crippen LogP contribution is 2.32. The zero-order chi connectivity index (χ0) is 6.74. The second-order valence-electron chi connectivity index (χ2n) is 2.85. The van der Waals surface area contributed by atoms with Crippen molar-refractivity contribution in [2.45, 2.75) is 31.4 Å². The summed E-state index contributed by atoms with van der Waals surface area (Å²) in [6.45, 7) is 0. The molecule has 1 rings (SSSR count). The Labute approximate surface area is 67.3 Å². The third kappa shape index (κ3) is 2.13. The lowest BCUT2D eigenvalue weighted by atomic mass is 10.3. The van der Waals surface area contributed by atoms with E-state index in [-0.39, 0.29) is 0 Å². The SMILES string of the molecule is ClC[Si]1(Cl)CCCCC1. The van der Waals surface area contributed by atoms with Gasteiger partial charge in [-0.2, -0.15) is 11.1 Å². The highest BCUT2D eigenvalue weighted by atomic mass is 35.6. The Balaban J connectivity index is 2.37. The Morgan fingerprint density at radius 3 is 2.00 bits per heavy atom. The van der Waals surface area contributed by atoms with E-state index in [1.807, 2.05) is 0 Å². The zero-order valence-electron chi connectivity index (χ0n) is 5.50. The maximum Gasteiger partial charge on any atom is 0.171 e. The van der Waals surface area contributed by atoms with Crippen molar-refractivity contribution in [3.8, 4) is 0 Å². The predicted molar refractivity (Wildman–Crippen MR) is 45.8 cm³/mol. The fourth-order valence-corrected chi connectivity index (χ4v) is 5.21. The summed E-state index contributed by atoms with van der Waals surface area (Å²) in [7, 11) is -1.37. The molecule has 3 heteroatoms. The summed E-state index contributed by atoms with van der Waals surface area (Å²) >= 11 is 12.0. The molecule has 1 heterocycles. The largest absolute Gasteiger partial charge is 0.171 e. The molecule has 0 aromatic heterocycles. The van der Waals surface area contributed by atoms with E-state index in [0.717, 1.165) is 5.50 Å². The lowest BCUT2D eigenvalue weighted by Gasteiger charge is -2.25. The minimum Gasteiger partial charge on any atom is -0.166 e. The molecule has 0 aliphatic carbocycles. The Bertz CT molecular complexity index is 89.1. The lowest BCUT2D eigenvalue weighted by Crippen LogP contribution is -2.31. The Morgan fingerprint density at radius 1 is 1.11 bits per heavy atom. The van der Waals surface area contributed by atoms with Crippen molar-refractivity contribution in [2.24, 2.45) is 0 Å². The lowest BCUT2D eigenvalue weighted by molar-refractivity contribution is 0.720. The van der Waals surface area contributed by atoms with Crippen LogP contribution in [0.25, 0.3) is 0 Å². The average molecular weight is 183 g/mol. The van der Waals surface area contributed by atoms with Crippen LogP contribution >= 0.6 is 22.7 Å². The van der Waals surface area contributed by atoms with Crippen LogP contribution in [0.3, 0.4) is 0 Å². The first-order chi connectivity index (χ1) is 4.27. The van der Waals surface area contributed by atoms with Gasteiger partial charge in [-0.05, 0) is 12.1 Å². The Kier molecular flexibility index (Phi) is 2.87. The predicted octanol–water partition coefficient (Wildman–Crippen LogP) is 3.13. The van der Waals surface area contributed by atoms with Gasteiger partial charge in [0.25, 0.3) is 0 Å². The van der Waals surface area contributed by atoms with E-state index in [1.54, 1.807) is 0 Å². The van der Waals surface area contributed by atoms with Gasteiger partial charge >= 0.3 is 0 Å². The molecule has 1 saturated heterocycles. The summed E-state index contributed by atoms with van der Waals surface area (Å²) in [6, 6.07) is 2.50. The van der Waals surface area contributed by atoms with E-state index < -0.39 is 7.38 Å². The molecule has 0 aromatic carbocycles. The second-order valence-corrected chi connectivity index (χ2v) is 9.62. The molecule has 0 saturated carbocycles. The standard InChI is InChI=1S/C6H12Cl2Si/c7-6-9(8)4-2-1-3-5-9/h1-6H2. The van der Waals surface area contributed by atoms with Gasteiger partial charge < -0.3 is 0 Å². The number of rotatable bonds is 1. The number of hydrogen-bond donors (Lipinski definition) is 0. The molecule has 0 bridgehead atoms. The van der Waals surface area contributed by atoms with Crippen LogP contribution in [-0.2, 0) is 0 Å². The van der Waals surface area contributed by atoms with Crippen molar-refractivity contribution >= 4 is 30.1 Å². The average Bonchev–Trinajstić information content (AvgIpc) is 1.90. The monoisotopic (exact) mass is 182 g/mol. The highest BCUT2D eigenvalue weighted by molar-refractivity contribution is 7.22. The molecule has 0 amide bonds. The quantitative estimate of drug-likeness (QED) is 0.333. The third-order valence-corrected chi connectivity index (χ3v) is 8.45. The number of alkyl halides is 1. The zero-order valence-corrected chi connectivity index (χ0v) is 8.01. The second kappa shape index (κ2) is 3.27. The maximum atomic E-state index is 6.27. The van der Waals surface area contributed by atoms with Crippen LogP contribution in [0.4, 0.5) is 0 Å². The van der Waals surface area contributed by atoms with Crippen LogP contribution in [0, 0.1) is 0 Å². The van der Waals surface area contributed by atoms with Crippen molar-refractivity contribution in [2.75, 3.05) is 5.50 Å². The van der Waals surface area contributed by atoms with Crippen molar-refractivity contribution in [1.29, 1.82) is 0 Å². The van der Waals surface area contributed by atoms with E-state index in [9.17, 15) is 0 Å². The molecule has 0 radical (unpaired) electrons. The van der Waals surface area contributed by atoms with E-state index in [2.05, 4.69) is 0 Å². The van der Waals surface area contributed by atoms with Gasteiger partial charge in [-0.25, -0.2) is 0 Å². The maximum absolute atomic E-state index is 6.27. The van der Waals surface area contributed by atoms with Crippen molar-refractivity contribution in [1.82, 2.24) is 0 Å². The highest BCUT2D eigenvalue weighted by Gasteiger charge is 2.31. The van der Waals surface area contributed by atoms with Crippen molar-refractivity contribution in [3.05, 3.63) is 0 Å². The molecule has 0 nitrogen and oxygen atoms in total. The van der Waals surface area contributed by atoms with Gasteiger partial charge in [0.2, 0.25) is 0 Å². The van der Waals surface area contributed by atoms with Crippen LogP contribution in [0.5, 0.6) is 0 Å². The molecule has 9 heavy (non-hydrogen) atoms. The molecule has 0 N–H and O–H groups in total. The molecular weight excluding hydrogens is 171 g/mol. The number of hydrogen-bond acceptors (Lipinski definition) is 0. The molecule has 54 valence electrons. The van der Waals surface area contributed by atoms with Crippen LogP contribution < -0.4 is 0 Å². The van der Waals surface area contributed by atoms with E-state index in [4.69, 9.17) is 22.7 Å². The molecule has 0 atom stereocenters. The first-order valence-electron chi connectivity index (χ1n) is 3.52. The van der Waals surface area contributed by atoms with Crippen LogP contribution in [0.1, 0.15) is 19.3 Å². The summed E-state index contributed by atoms with van der Waals surface area (Å²) in [5.74, 6) is 0. The van der Waals surface area contributed by atoms with E-state index in [1.165, 1.54) is 31.4 Å². The first kappa shape index (κ1) is 7.90. The van der Waals surface area contributed by atoms with Gasteiger partial charge in [-0.15, -0.1) is 11.6 Å². The van der Waals surface area contributed by atoms with Crippen LogP contribution in [0.15, 0.2) is 0 Å². The van der Waals surface area contributed by atoms with Gasteiger partial charge in [0.1, 0.15) is 0 Å².